The minimum Gasteiger partial charge on any atom is -0.393 e. The summed E-state index contributed by atoms with van der Waals surface area (Å²) in [6.45, 7) is 0. The molecule has 1 fully saturated rings. The molecule has 0 aliphatic heterocycles. The summed E-state index contributed by atoms with van der Waals surface area (Å²) >= 11 is 0. The van der Waals surface area contributed by atoms with Crippen molar-refractivity contribution in [3.05, 3.63) is 35.9 Å². The molecule has 0 radical (unpaired) electrons. The van der Waals surface area contributed by atoms with Gasteiger partial charge in [0.1, 0.15) is 0 Å². The molecule has 1 aromatic carbocycles. The number of carbonyl (C=O) groups excluding carboxylic acids is 1. The summed E-state index contributed by atoms with van der Waals surface area (Å²) in [6.07, 6.45) is 5.61. The van der Waals surface area contributed by atoms with Gasteiger partial charge in [-0.25, -0.2) is 5.48 Å². The van der Waals surface area contributed by atoms with Gasteiger partial charge in [-0.3, -0.25) is 10.0 Å². The van der Waals surface area contributed by atoms with Crippen LogP contribution in [-0.2, 0) is 11.2 Å². The standard InChI is InChI=1S/C19H29NO4/c21-16(11-10-15-8-4-3-5-9-15)14-17(18(22)20-24)19(23)12-6-1-2-7-13-19/h3-5,8-9,16-17,21,23-24H,1-2,6-7,10-14H2,(H,20,22)/t16-,17+/m0/s1. The van der Waals surface area contributed by atoms with E-state index < -0.39 is 23.5 Å². The Morgan fingerprint density at radius 3 is 2.33 bits per heavy atom. The molecule has 1 aromatic rings. The molecule has 2 rings (SSSR count). The minimum atomic E-state index is -1.14. The van der Waals surface area contributed by atoms with Gasteiger partial charge in [0.25, 0.3) is 0 Å². The van der Waals surface area contributed by atoms with Gasteiger partial charge in [-0.05, 0) is 37.7 Å². The molecule has 0 unspecified atom stereocenters. The third kappa shape index (κ3) is 5.30. The van der Waals surface area contributed by atoms with Crippen LogP contribution in [0, 0.1) is 5.92 Å². The summed E-state index contributed by atoms with van der Waals surface area (Å²) in [6, 6.07) is 9.87. The molecule has 5 nitrogen and oxygen atoms in total. The first-order valence-corrected chi connectivity index (χ1v) is 8.93. The molecular formula is C19H29NO4. The van der Waals surface area contributed by atoms with E-state index in [9.17, 15) is 15.0 Å². The topological polar surface area (TPSA) is 89.8 Å². The molecule has 0 aromatic heterocycles. The molecule has 0 bridgehead atoms. The smallest absolute Gasteiger partial charge is 0.249 e. The predicted molar refractivity (Wildman–Crippen MR) is 91.5 cm³/mol. The van der Waals surface area contributed by atoms with Crippen LogP contribution in [0.25, 0.3) is 0 Å². The molecule has 2 atom stereocenters. The maximum atomic E-state index is 12.1. The third-order valence-electron chi connectivity index (χ3n) is 5.16. The number of amides is 1. The minimum absolute atomic E-state index is 0.162. The fourth-order valence-corrected chi connectivity index (χ4v) is 3.71. The average Bonchev–Trinajstić information content (AvgIpc) is 2.83. The number of aryl methyl sites for hydroxylation is 1. The van der Waals surface area contributed by atoms with E-state index in [0.717, 1.165) is 31.2 Å². The number of aliphatic hydroxyl groups is 2. The third-order valence-corrected chi connectivity index (χ3v) is 5.16. The Morgan fingerprint density at radius 1 is 1.12 bits per heavy atom. The summed E-state index contributed by atoms with van der Waals surface area (Å²) < 4.78 is 0. The molecule has 5 heteroatoms. The van der Waals surface area contributed by atoms with Gasteiger partial charge in [0.15, 0.2) is 0 Å². The van der Waals surface area contributed by atoms with Crippen LogP contribution < -0.4 is 5.48 Å². The van der Waals surface area contributed by atoms with Crippen LogP contribution in [0.3, 0.4) is 0 Å². The lowest BCUT2D eigenvalue weighted by Gasteiger charge is -2.35. The zero-order chi connectivity index (χ0) is 17.4. The van der Waals surface area contributed by atoms with E-state index in [-0.39, 0.29) is 6.42 Å². The molecular weight excluding hydrogens is 306 g/mol. The van der Waals surface area contributed by atoms with Crippen LogP contribution in [0.1, 0.15) is 56.9 Å². The first kappa shape index (κ1) is 18.9. The number of hydrogen-bond donors (Lipinski definition) is 4. The van der Waals surface area contributed by atoms with Crippen LogP contribution in [0.2, 0.25) is 0 Å². The molecule has 134 valence electrons. The van der Waals surface area contributed by atoms with E-state index in [0.29, 0.717) is 25.7 Å². The second-order valence-corrected chi connectivity index (χ2v) is 6.96. The normalized spacial score (nSPS) is 20.0. The first-order valence-electron chi connectivity index (χ1n) is 8.93. The van der Waals surface area contributed by atoms with Gasteiger partial charge < -0.3 is 10.2 Å². The van der Waals surface area contributed by atoms with Crippen LogP contribution in [0.15, 0.2) is 30.3 Å². The van der Waals surface area contributed by atoms with Crippen molar-refractivity contribution in [3.8, 4) is 0 Å². The Morgan fingerprint density at radius 2 is 1.75 bits per heavy atom. The van der Waals surface area contributed by atoms with Crippen LogP contribution in [-0.4, -0.2) is 33.0 Å². The van der Waals surface area contributed by atoms with E-state index in [2.05, 4.69) is 0 Å². The quantitative estimate of drug-likeness (QED) is 0.350. The van der Waals surface area contributed by atoms with Crippen LogP contribution in [0.5, 0.6) is 0 Å². The molecule has 1 aliphatic rings. The lowest BCUT2D eigenvalue weighted by Crippen LogP contribution is -2.47. The number of benzene rings is 1. The highest BCUT2D eigenvalue weighted by Gasteiger charge is 2.42. The highest BCUT2D eigenvalue weighted by atomic mass is 16.5. The zero-order valence-corrected chi connectivity index (χ0v) is 14.2. The first-order chi connectivity index (χ1) is 11.5. The zero-order valence-electron chi connectivity index (χ0n) is 14.2. The van der Waals surface area contributed by atoms with Crippen LogP contribution >= 0.6 is 0 Å². The van der Waals surface area contributed by atoms with E-state index in [1.54, 1.807) is 5.48 Å². The van der Waals surface area contributed by atoms with Gasteiger partial charge in [-0.1, -0.05) is 56.0 Å². The Balaban J connectivity index is 1.98. The van der Waals surface area contributed by atoms with Gasteiger partial charge in [0.2, 0.25) is 5.91 Å². The SMILES string of the molecule is O=C(NO)[C@@H](C[C@@H](O)CCc1ccccc1)C1(O)CCCCCC1. The highest BCUT2D eigenvalue weighted by molar-refractivity contribution is 5.78. The lowest BCUT2D eigenvalue weighted by atomic mass is 9.77. The second-order valence-electron chi connectivity index (χ2n) is 6.96. The van der Waals surface area contributed by atoms with Crippen molar-refractivity contribution in [2.45, 2.75) is 69.5 Å². The van der Waals surface area contributed by atoms with E-state index in [4.69, 9.17) is 5.21 Å². The van der Waals surface area contributed by atoms with Crippen molar-refractivity contribution in [2.24, 2.45) is 5.92 Å². The largest absolute Gasteiger partial charge is 0.393 e. The molecule has 1 aliphatic carbocycles. The maximum Gasteiger partial charge on any atom is 0.249 e. The summed E-state index contributed by atoms with van der Waals surface area (Å²) in [7, 11) is 0. The average molecular weight is 335 g/mol. The second kappa shape index (κ2) is 9.16. The lowest BCUT2D eigenvalue weighted by molar-refractivity contribution is -0.147. The Labute approximate surface area is 143 Å². The fourth-order valence-electron chi connectivity index (χ4n) is 3.71. The predicted octanol–water partition coefficient (Wildman–Crippen LogP) is 2.58. The number of nitrogens with one attached hydrogen (secondary N) is 1. The van der Waals surface area contributed by atoms with Gasteiger partial charge in [0, 0.05) is 0 Å². The molecule has 0 heterocycles. The van der Waals surface area contributed by atoms with E-state index in [1.807, 2.05) is 30.3 Å². The number of carbonyl (C=O) groups is 1. The highest BCUT2D eigenvalue weighted by Crippen LogP contribution is 2.36. The van der Waals surface area contributed by atoms with Crippen molar-refractivity contribution in [1.82, 2.24) is 5.48 Å². The summed E-state index contributed by atoms with van der Waals surface area (Å²) in [5, 5.41) is 30.4. The summed E-state index contributed by atoms with van der Waals surface area (Å²) in [5.74, 6) is -1.38. The number of hydrogen-bond acceptors (Lipinski definition) is 4. The molecule has 1 amide bonds. The van der Waals surface area contributed by atoms with Gasteiger partial charge in [0.05, 0.1) is 17.6 Å². The van der Waals surface area contributed by atoms with Crippen molar-refractivity contribution in [3.63, 3.8) is 0 Å². The Hall–Kier alpha value is -1.43. The Bertz CT molecular complexity index is 497. The van der Waals surface area contributed by atoms with Crippen molar-refractivity contribution < 1.29 is 20.2 Å². The van der Waals surface area contributed by atoms with Gasteiger partial charge in [-0.15, -0.1) is 0 Å². The molecule has 24 heavy (non-hydrogen) atoms. The maximum absolute atomic E-state index is 12.1. The monoisotopic (exact) mass is 335 g/mol. The number of hydroxylamine groups is 1. The summed E-state index contributed by atoms with van der Waals surface area (Å²) in [5.41, 5.74) is 1.67. The number of aliphatic hydroxyl groups excluding tert-OH is 1. The van der Waals surface area contributed by atoms with E-state index in [1.165, 1.54) is 0 Å². The number of rotatable bonds is 7. The van der Waals surface area contributed by atoms with Crippen molar-refractivity contribution >= 4 is 5.91 Å². The van der Waals surface area contributed by atoms with E-state index >= 15 is 0 Å². The molecule has 0 saturated heterocycles. The molecule has 0 spiro atoms. The Kier molecular flexibility index (Phi) is 7.21. The fraction of sp³-hybridized carbons (Fsp3) is 0.632. The van der Waals surface area contributed by atoms with Crippen molar-refractivity contribution in [1.29, 1.82) is 0 Å². The van der Waals surface area contributed by atoms with Crippen LogP contribution in [0.4, 0.5) is 0 Å². The molecule has 4 N–H and O–H groups in total. The molecule has 1 saturated carbocycles. The van der Waals surface area contributed by atoms with Gasteiger partial charge >= 0.3 is 0 Å². The van der Waals surface area contributed by atoms with Gasteiger partial charge in [-0.2, -0.15) is 0 Å². The van der Waals surface area contributed by atoms with Crippen molar-refractivity contribution in [2.75, 3.05) is 0 Å². The summed E-state index contributed by atoms with van der Waals surface area (Å²) in [4.78, 5) is 12.1.